The highest BCUT2D eigenvalue weighted by Gasteiger charge is 2.42. The van der Waals surface area contributed by atoms with Gasteiger partial charge in [0.15, 0.2) is 15.8 Å². The molecule has 2 saturated heterocycles. The number of likely N-dealkylation sites (tertiary alicyclic amines) is 1. The zero-order chi connectivity index (χ0) is 20.7. The molecular weight excluding hydrogens is 392 g/mol. The molecular formula is C20H34N4O4S. The SMILES string of the molecule is CN=C(NCC(c1ccco1)N1CCCCC1)NCC1(S(C)(=O)=O)CCOCC1. The maximum atomic E-state index is 12.5. The van der Waals surface area contributed by atoms with Crippen molar-refractivity contribution < 1.29 is 17.6 Å². The molecule has 2 fully saturated rings. The van der Waals surface area contributed by atoms with Crippen LogP contribution in [0.3, 0.4) is 0 Å². The van der Waals surface area contributed by atoms with E-state index in [4.69, 9.17) is 9.15 Å². The first kappa shape index (κ1) is 22.1. The van der Waals surface area contributed by atoms with Crippen molar-refractivity contribution in [1.82, 2.24) is 15.5 Å². The van der Waals surface area contributed by atoms with Crippen LogP contribution in [0.25, 0.3) is 0 Å². The molecule has 8 nitrogen and oxygen atoms in total. The van der Waals surface area contributed by atoms with Gasteiger partial charge in [0, 0.05) is 39.6 Å². The first-order chi connectivity index (χ1) is 14.0. The van der Waals surface area contributed by atoms with Gasteiger partial charge in [-0.05, 0) is 50.9 Å². The number of nitrogens with zero attached hydrogens (tertiary/aromatic N) is 2. The lowest BCUT2D eigenvalue weighted by atomic mass is 9.99. The van der Waals surface area contributed by atoms with Crippen molar-refractivity contribution in [3.05, 3.63) is 24.2 Å². The van der Waals surface area contributed by atoms with Gasteiger partial charge in [-0.15, -0.1) is 0 Å². The Bertz CT molecular complexity index is 751. The van der Waals surface area contributed by atoms with E-state index in [1.54, 1.807) is 13.3 Å². The molecule has 0 radical (unpaired) electrons. The molecule has 9 heteroatoms. The Morgan fingerprint density at radius 2 is 1.97 bits per heavy atom. The summed E-state index contributed by atoms with van der Waals surface area (Å²) in [6.45, 7) is 4.01. The number of ether oxygens (including phenoxy) is 1. The van der Waals surface area contributed by atoms with Gasteiger partial charge < -0.3 is 19.8 Å². The predicted octanol–water partition coefficient (Wildman–Crippen LogP) is 1.57. The molecule has 29 heavy (non-hydrogen) atoms. The highest BCUT2D eigenvalue weighted by molar-refractivity contribution is 7.92. The van der Waals surface area contributed by atoms with Gasteiger partial charge in [-0.25, -0.2) is 8.42 Å². The van der Waals surface area contributed by atoms with E-state index in [0.717, 1.165) is 18.8 Å². The maximum absolute atomic E-state index is 12.5. The maximum Gasteiger partial charge on any atom is 0.191 e. The topological polar surface area (TPSA) is 96.2 Å². The zero-order valence-corrected chi connectivity index (χ0v) is 18.3. The lowest BCUT2D eigenvalue weighted by Gasteiger charge is -2.36. The second-order valence-electron chi connectivity index (χ2n) is 8.00. The monoisotopic (exact) mass is 426 g/mol. The quantitative estimate of drug-likeness (QED) is 0.505. The minimum absolute atomic E-state index is 0.121. The van der Waals surface area contributed by atoms with Crippen LogP contribution >= 0.6 is 0 Å². The summed E-state index contributed by atoms with van der Waals surface area (Å²) >= 11 is 0. The van der Waals surface area contributed by atoms with Crippen LogP contribution in [-0.4, -0.2) is 76.7 Å². The molecule has 2 aliphatic heterocycles. The standard InChI is InChI=1S/C20H34N4O4S/c1-21-19(23-16-20(29(2,25)26)8-13-27-14-9-20)22-15-17(18-7-6-12-28-18)24-10-4-3-5-11-24/h6-7,12,17H,3-5,8-11,13-16H2,1-2H3,(H2,21,22,23). The summed E-state index contributed by atoms with van der Waals surface area (Å²) in [7, 11) is -1.52. The van der Waals surface area contributed by atoms with Gasteiger partial charge in [0.25, 0.3) is 0 Å². The van der Waals surface area contributed by atoms with Crippen molar-refractivity contribution in [3.63, 3.8) is 0 Å². The molecule has 1 aromatic heterocycles. The number of aliphatic imine (C=N–C) groups is 1. The van der Waals surface area contributed by atoms with Crippen LogP contribution in [0.2, 0.25) is 0 Å². The van der Waals surface area contributed by atoms with E-state index in [2.05, 4.69) is 20.5 Å². The van der Waals surface area contributed by atoms with Gasteiger partial charge in [0.05, 0.1) is 17.1 Å². The zero-order valence-electron chi connectivity index (χ0n) is 17.5. The Morgan fingerprint density at radius 1 is 1.24 bits per heavy atom. The fourth-order valence-corrected chi connectivity index (χ4v) is 5.44. The number of hydrogen-bond donors (Lipinski definition) is 2. The molecule has 164 valence electrons. The number of sulfone groups is 1. The molecule has 1 atom stereocenters. The van der Waals surface area contributed by atoms with Crippen molar-refractivity contribution in [2.75, 3.05) is 52.7 Å². The molecule has 0 bridgehead atoms. The molecule has 2 aliphatic rings. The summed E-state index contributed by atoms with van der Waals surface area (Å²) in [5.41, 5.74) is 0. The van der Waals surface area contributed by atoms with E-state index in [1.807, 2.05) is 12.1 Å². The average molecular weight is 427 g/mol. The van der Waals surface area contributed by atoms with Gasteiger partial charge in [0.2, 0.25) is 0 Å². The smallest absolute Gasteiger partial charge is 0.191 e. The largest absolute Gasteiger partial charge is 0.468 e. The summed E-state index contributed by atoms with van der Waals surface area (Å²) in [5.74, 6) is 1.54. The van der Waals surface area contributed by atoms with Crippen molar-refractivity contribution in [1.29, 1.82) is 0 Å². The lowest BCUT2D eigenvalue weighted by molar-refractivity contribution is 0.0756. The summed E-state index contributed by atoms with van der Waals surface area (Å²) < 4.78 is 35.2. The third-order valence-electron chi connectivity index (χ3n) is 6.16. The molecule has 1 unspecified atom stereocenters. The van der Waals surface area contributed by atoms with Crippen LogP contribution < -0.4 is 10.6 Å². The summed E-state index contributed by atoms with van der Waals surface area (Å²) in [6, 6.07) is 4.05. The molecule has 3 heterocycles. The summed E-state index contributed by atoms with van der Waals surface area (Å²) in [4.78, 5) is 6.75. The van der Waals surface area contributed by atoms with Crippen molar-refractivity contribution >= 4 is 15.8 Å². The molecule has 0 aliphatic carbocycles. The molecule has 1 aromatic rings. The Hall–Kier alpha value is -1.58. The fourth-order valence-electron chi connectivity index (χ4n) is 4.20. The van der Waals surface area contributed by atoms with E-state index in [0.29, 0.717) is 45.1 Å². The van der Waals surface area contributed by atoms with E-state index in [1.165, 1.54) is 25.5 Å². The van der Waals surface area contributed by atoms with Gasteiger partial charge in [0.1, 0.15) is 5.76 Å². The normalized spacial score (nSPS) is 22.2. The van der Waals surface area contributed by atoms with Crippen molar-refractivity contribution in [3.8, 4) is 0 Å². The number of guanidine groups is 1. The Balaban J connectivity index is 1.62. The molecule has 2 N–H and O–H groups in total. The third kappa shape index (κ3) is 5.52. The number of piperidine rings is 1. The highest BCUT2D eigenvalue weighted by atomic mass is 32.2. The summed E-state index contributed by atoms with van der Waals surface area (Å²) in [5, 5.41) is 6.62. The van der Waals surface area contributed by atoms with E-state index in [9.17, 15) is 8.42 Å². The number of hydrogen-bond acceptors (Lipinski definition) is 6. The first-order valence-corrected chi connectivity index (χ1v) is 12.3. The molecule has 3 rings (SSSR count). The second-order valence-corrected chi connectivity index (χ2v) is 10.4. The van der Waals surface area contributed by atoms with Gasteiger partial charge in [-0.3, -0.25) is 9.89 Å². The van der Waals surface area contributed by atoms with E-state index >= 15 is 0 Å². The Kier molecular flexibility index (Phi) is 7.59. The van der Waals surface area contributed by atoms with Crippen molar-refractivity contribution in [2.45, 2.75) is 42.9 Å². The number of rotatable bonds is 7. The molecule has 0 spiro atoms. The number of nitrogens with one attached hydrogen (secondary N) is 2. The first-order valence-electron chi connectivity index (χ1n) is 10.4. The van der Waals surface area contributed by atoms with Crippen LogP contribution in [0, 0.1) is 0 Å². The Morgan fingerprint density at radius 3 is 2.55 bits per heavy atom. The second kappa shape index (κ2) is 9.95. The average Bonchev–Trinajstić information content (AvgIpc) is 3.25. The fraction of sp³-hybridized carbons (Fsp3) is 0.750. The van der Waals surface area contributed by atoms with Crippen molar-refractivity contribution in [2.24, 2.45) is 4.99 Å². The van der Waals surface area contributed by atoms with Crippen LogP contribution in [0.15, 0.2) is 27.8 Å². The minimum atomic E-state index is -3.22. The minimum Gasteiger partial charge on any atom is -0.468 e. The van der Waals surface area contributed by atoms with Crippen LogP contribution in [0.5, 0.6) is 0 Å². The third-order valence-corrected chi connectivity index (χ3v) is 8.28. The molecule has 0 aromatic carbocycles. The molecule has 0 saturated carbocycles. The molecule has 0 amide bonds. The lowest BCUT2D eigenvalue weighted by Crippen LogP contribution is -2.54. The highest BCUT2D eigenvalue weighted by Crippen LogP contribution is 2.28. The van der Waals surface area contributed by atoms with Crippen LogP contribution in [0.4, 0.5) is 0 Å². The van der Waals surface area contributed by atoms with Crippen LogP contribution in [0.1, 0.15) is 43.9 Å². The van der Waals surface area contributed by atoms with Crippen LogP contribution in [-0.2, 0) is 14.6 Å². The predicted molar refractivity (Wildman–Crippen MR) is 114 cm³/mol. The van der Waals surface area contributed by atoms with E-state index < -0.39 is 14.6 Å². The Labute approximate surface area is 174 Å². The summed E-state index contributed by atoms with van der Waals surface area (Å²) in [6.07, 6.45) is 7.69. The van der Waals surface area contributed by atoms with Gasteiger partial charge in [-0.1, -0.05) is 6.42 Å². The van der Waals surface area contributed by atoms with Gasteiger partial charge in [-0.2, -0.15) is 0 Å². The van der Waals surface area contributed by atoms with Gasteiger partial charge >= 0.3 is 0 Å². The number of furan rings is 1. The van der Waals surface area contributed by atoms with E-state index in [-0.39, 0.29) is 6.04 Å².